The molecule has 0 radical (unpaired) electrons. The number of nitrogens with one attached hydrogen (secondary N) is 1. The molecule has 1 aromatic carbocycles. The summed E-state index contributed by atoms with van der Waals surface area (Å²) in [7, 11) is 5.77. The fourth-order valence-corrected chi connectivity index (χ4v) is 3.02. The van der Waals surface area contributed by atoms with Gasteiger partial charge in [0.15, 0.2) is 5.75 Å². The lowest BCUT2D eigenvalue weighted by atomic mass is 9.99. The van der Waals surface area contributed by atoms with Gasteiger partial charge in [-0.3, -0.25) is 4.79 Å². The maximum atomic E-state index is 13.1. The monoisotopic (exact) mass is 335 g/mol. The zero-order valence-corrected chi connectivity index (χ0v) is 15.2. The standard InChI is InChI=1S/C18H29N3O3/c1-12-10-21(13(2)11-22)18(23)14-7-6-8-15(20(4)5)17(14)24-16(12)9-19-3/h6-8,12-13,16,19,22H,9-11H2,1-5H3/t12-,13+,16-/m1/s1. The number of amides is 1. The van der Waals surface area contributed by atoms with E-state index in [1.807, 2.05) is 45.1 Å². The average Bonchev–Trinajstić information content (AvgIpc) is 2.56. The lowest BCUT2D eigenvalue weighted by Crippen LogP contribution is -2.49. The molecule has 0 unspecified atom stereocenters. The molecule has 0 aliphatic carbocycles. The van der Waals surface area contributed by atoms with Gasteiger partial charge in [-0.2, -0.15) is 0 Å². The van der Waals surface area contributed by atoms with Crippen molar-refractivity contribution in [2.75, 3.05) is 45.7 Å². The van der Waals surface area contributed by atoms with Crippen molar-refractivity contribution >= 4 is 11.6 Å². The van der Waals surface area contributed by atoms with Crippen molar-refractivity contribution in [2.24, 2.45) is 5.92 Å². The third kappa shape index (κ3) is 3.65. The number of hydrogen-bond acceptors (Lipinski definition) is 5. The van der Waals surface area contributed by atoms with E-state index in [0.717, 1.165) is 5.69 Å². The maximum Gasteiger partial charge on any atom is 0.258 e. The molecule has 6 nitrogen and oxygen atoms in total. The van der Waals surface area contributed by atoms with E-state index in [1.54, 1.807) is 11.0 Å². The van der Waals surface area contributed by atoms with Crippen LogP contribution in [0.25, 0.3) is 0 Å². The Kier molecular flexibility index (Phi) is 6.07. The minimum Gasteiger partial charge on any atom is -0.486 e. The topological polar surface area (TPSA) is 65.0 Å². The van der Waals surface area contributed by atoms with Crippen LogP contribution in [0.15, 0.2) is 18.2 Å². The summed E-state index contributed by atoms with van der Waals surface area (Å²) >= 11 is 0. The summed E-state index contributed by atoms with van der Waals surface area (Å²) in [6.07, 6.45) is -0.0589. The van der Waals surface area contributed by atoms with Crippen molar-refractivity contribution in [3.05, 3.63) is 23.8 Å². The number of nitrogens with zero attached hydrogens (tertiary/aromatic N) is 2. The molecule has 24 heavy (non-hydrogen) atoms. The van der Waals surface area contributed by atoms with Crippen molar-refractivity contribution in [1.29, 1.82) is 0 Å². The number of carbonyl (C=O) groups excluding carboxylic acids is 1. The summed E-state index contributed by atoms with van der Waals surface area (Å²) in [6, 6.07) is 5.39. The molecular formula is C18H29N3O3. The van der Waals surface area contributed by atoms with E-state index >= 15 is 0 Å². The van der Waals surface area contributed by atoms with Gasteiger partial charge >= 0.3 is 0 Å². The van der Waals surface area contributed by atoms with Crippen LogP contribution >= 0.6 is 0 Å². The van der Waals surface area contributed by atoms with Crippen molar-refractivity contribution in [1.82, 2.24) is 10.2 Å². The second kappa shape index (κ2) is 7.85. The lowest BCUT2D eigenvalue weighted by molar-refractivity contribution is 0.0417. The number of para-hydroxylation sites is 1. The molecule has 134 valence electrons. The van der Waals surface area contributed by atoms with Gasteiger partial charge in [-0.05, 0) is 26.1 Å². The number of rotatable bonds is 5. The number of ether oxygens (including phenoxy) is 1. The number of likely N-dealkylation sites (N-methyl/N-ethyl adjacent to an activating group) is 1. The summed E-state index contributed by atoms with van der Waals surface area (Å²) in [5.41, 5.74) is 1.43. The number of fused-ring (bicyclic) bond motifs is 1. The molecule has 3 atom stereocenters. The fourth-order valence-electron chi connectivity index (χ4n) is 3.02. The first kappa shape index (κ1) is 18.5. The maximum absolute atomic E-state index is 13.1. The fraction of sp³-hybridized carbons (Fsp3) is 0.611. The molecule has 2 N–H and O–H groups in total. The largest absolute Gasteiger partial charge is 0.486 e. The second-order valence-corrected chi connectivity index (χ2v) is 6.73. The number of aliphatic hydroxyl groups is 1. The Morgan fingerprint density at radius 2 is 2.17 bits per heavy atom. The zero-order valence-electron chi connectivity index (χ0n) is 15.2. The average molecular weight is 335 g/mol. The van der Waals surface area contributed by atoms with Crippen LogP contribution in [0.3, 0.4) is 0 Å². The summed E-state index contributed by atoms with van der Waals surface area (Å²) in [5, 5.41) is 12.7. The molecule has 0 aromatic heterocycles. The van der Waals surface area contributed by atoms with Crippen molar-refractivity contribution in [3.63, 3.8) is 0 Å². The van der Waals surface area contributed by atoms with Crippen molar-refractivity contribution in [3.8, 4) is 5.75 Å². The van der Waals surface area contributed by atoms with Crippen LogP contribution in [0.2, 0.25) is 0 Å². The van der Waals surface area contributed by atoms with Crippen molar-refractivity contribution in [2.45, 2.75) is 26.0 Å². The Morgan fingerprint density at radius 1 is 1.46 bits per heavy atom. The molecule has 1 aliphatic rings. The van der Waals surface area contributed by atoms with Gasteiger partial charge in [0, 0.05) is 33.1 Å². The van der Waals surface area contributed by atoms with E-state index in [-0.39, 0.29) is 30.6 Å². The van der Waals surface area contributed by atoms with Crippen LogP contribution in [-0.4, -0.2) is 68.9 Å². The highest BCUT2D eigenvalue weighted by atomic mass is 16.5. The SMILES string of the molecule is CNC[C@H]1Oc2c(cccc2N(C)C)C(=O)N([C@@H](C)CO)C[C@H]1C. The predicted molar refractivity (Wildman–Crippen MR) is 95.9 cm³/mol. The van der Waals surface area contributed by atoms with Gasteiger partial charge in [0.1, 0.15) is 6.10 Å². The molecule has 1 aromatic rings. The van der Waals surface area contributed by atoms with E-state index in [9.17, 15) is 9.90 Å². The molecule has 1 heterocycles. The van der Waals surface area contributed by atoms with Crippen molar-refractivity contribution < 1.29 is 14.6 Å². The van der Waals surface area contributed by atoms with Gasteiger partial charge in [-0.1, -0.05) is 13.0 Å². The summed E-state index contributed by atoms with van der Waals surface area (Å²) in [5.74, 6) is 0.665. The highest BCUT2D eigenvalue weighted by Gasteiger charge is 2.33. The van der Waals surface area contributed by atoms with E-state index in [4.69, 9.17) is 4.74 Å². The number of aliphatic hydroxyl groups excluding tert-OH is 1. The predicted octanol–water partition coefficient (Wildman–Crippen LogP) is 1.19. The summed E-state index contributed by atoms with van der Waals surface area (Å²) < 4.78 is 6.30. The van der Waals surface area contributed by atoms with Crippen LogP contribution in [-0.2, 0) is 0 Å². The highest BCUT2D eigenvalue weighted by Crippen LogP contribution is 2.35. The lowest BCUT2D eigenvalue weighted by Gasteiger charge is -2.38. The molecule has 0 saturated carbocycles. The molecule has 0 saturated heterocycles. The Labute approximate surface area is 144 Å². The molecule has 2 rings (SSSR count). The first-order valence-electron chi connectivity index (χ1n) is 8.44. The Morgan fingerprint density at radius 3 is 2.75 bits per heavy atom. The molecule has 1 aliphatic heterocycles. The van der Waals surface area contributed by atoms with Gasteiger partial charge in [0.25, 0.3) is 5.91 Å². The molecule has 1 amide bonds. The van der Waals surface area contributed by atoms with E-state index in [0.29, 0.717) is 24.4 Å². The third-order valence-corrected chi connectivity index (χ3v) is 4.56. The van der Waals surface area contributed by atoms with Crippen LogP contribution in [0.5, 0.6) is 5.75 Å². The Balaban J connectivity index is 2.56. The molecule has 0 bridgehead atoms. The first-order valence-corrected chi connectivity index (χ1v) is 8.44. The van der Waals surface area contributed by atoms with Crippen LogP contribution in [0.4, 0.5) is 5.69 Å². The van der Waals surface area contributed by atoms with E-state index < -0.39 is 0 Å². The second-order valence-electron chi connectivity index (χ2n) is 6.73. The highest BCUT2D eigenvalue weighted by molar-refractivity contribution is 5.99. The quantitative estimate of drug-likeness (QED) is 0.846. The van der Waals surface area contributed by atoms with Crippen LogP contribution in [0.1, 0.15) is 24.2 Å². The molecular weight excluding hydrogens is 306 g/mol. The van der Waals surface area contributed by atoms with Gasteiger partial charge in [-0.15, -0.1) is 0 Å². The summed E-state index contributed by atoms with van der Waals surface area (Å²) in [6.45, 7) is 5.14. The molecule has 6 heteroatoms. The summed E-state index contributed by atoms with van der Waals surface area (Å²) in [4.78, 5) is 16.8. The number of hydrogen-bond donors (Lipinski definition) is 2. The number of anilines is 1. The minimum atomic E-state index is -0.232. The third-order valence-electron chi connectivity index (χ3n) is 4.56. The number of carbonyl (C=O) groups is 1. The smallest absolute Gasteiger partial charge is 0.258 e. The normalized spacial score (nSPS) is 22.2. The van der Waals surface area contributed by atoms with Gasteiger partial charge < -0.3 is 25.0 Å². The first-order chi connectivity index (χ1) is 11.4. The molecule has 0 spiro atoms. The van der Waals surface area contributed by atoms with Crippen LogP contribution < -0.4 is 15.0 Å². The Hall–Kier alpha value is -1.79. The van der Waals surface area contributed by atoms with E-state index in [2.05, 4.69) is 12.2 Å². The van der Waals surface area contributed by atoms with Gasteiger partial charge in [0.2, 0.25) is 0 Å². The van der Waals surface area contributed by atoms with E-state index in [1.165, 1.54) is 0 Å². The minimum absolute atomic E-state index is 0.0568. The van der Waals surface area contributed by atoms with Crippen LogP contribution in [0, 0.1) is 5.92 Å². The van der Waals surface area contributed by atoms with Gasteiger partial charge in [-0.25, -0.2) is 0 Å². The molecule has 0 fully saturated rings. The zero-order chi connectivity index (χ0) is 17.9. The van der Waals surface area contributed by atoms with Gasteiger partial charge in [0.05, 0.1) is 23.9 Å². The number of benzene rings is 1. The Bertz CT molecular complexity index is 577.